The lowest BCUT2D eigenvalue weighted by Crippen LogP contribution is -2.45. The Morgan fingerprint density at radius 1 is 1.03 bits per heavy atom. The quantitative estimate of drug-likeness (QED) is 0.497. The SMILES string of the molecule is CC(=O)NCCCNC1(c2cccc(Br)c2)CCCCC1.Cc1cc(F)cc(F)c1. The van der Waals surface area contributed by atoms with Crippen LogP contribution in [0.5, 0.6) is 0 Å². The van der Waals surface area contributed by atoms with Gasteiger partial charge in [-0.2, -0.15) is 0 Å². The van der Waals surface area contributed by atoms with Gasteiger partial charge in [0.15, 0.2) is 0 Å². The molecule has 0 heterocycles. The van der Waals surface area contributed by atoms with E-state index in [0.29, 0.717) is 5.56 Å². The van der Waals surface area contributed by atoms with Gasteiger partial charge in [0, 0.05) is 29.5 Å². The number of rotatable bonds is 6. The standard InChI is InChI=1S/C17H25BrN2O.C7H6F2/c1-14(21)19-11-6-12-20-17(9-3-2-4-10-17)15-7-5-8-16(18)13-15;1-5-2-6(8)4-7(9)3-5/h5,7-8,13,20H,2-4,6,9-12H2,1H3,(H,19,21);2-4H,1H3. The summed E-state index contributed by atoms with van der Waals surface area (Å²) in [5.74, 6) is -0.991. The van der Waals surface area contributed by atoms with E-state index in [1.165, 1.54) is 49.8 Å². The molecule has 1 aliphatic carbocycles. The third kappa shape index (κ3) is 8.15. The molecule has 3 rings (SSSR count). The van der Waals surface area contributed by atoms with Crippen molar-refractivity contribution >= 4 is 21.8 Å². The zero-order valence-corrected chi connectivity index (χ0v) is 19.3. The van der Waals surface area contributed by atoms with Crippen LogP contribution in [0.25, 0.3) is 0 Å². The molecule has 0 atom stereocenters. The van der Waals surface area contributed by atoms with Crippen molar-refractivity contribution in [1.82, 2.24) is 10.6 Å². The molecule has 0 unspecified atom stereocenters. The third-order valence-electron chi connectivity index (χ3n) is 5.28. The second kappa shape index (κ2) is 12.2. The van der Waals surface area contributed by atoms with Crippen LogP contribution < -0.4 is 10.6 Å². The van der Waals surface area contributed by atoms with E-state index in [0.717, 1.165) is 30.0 Å². The lowest BCUT2D eigenvalue weighted by Gasteiger charge is -2.39. The van der Waals surface area contributed by atoms with Gasteiger partial charge in [-0.3, -0.25) is 4.79 Å². The lowest BCUT2D eigenvalue weighted by atomic mass is 9.76. The van der Waals surface area contributed by atoms with Crippen LogP contribution in [0.4, 0.5) is 8.78 Å². The topological polar surface area (TPSA) is 41.1 Å². The summed E-state index contributed by atoms with van der Waals surface area (Å²) in [4.78, 5) is 10.9. The monoisotopic (exact) mass is 480 g/mol. The molecular formula is C24H31BrF2N2O. The minimum atomic E-state index is -0.521. The molecule has 6 heteroatoms. The van der Waals surface area contributed by atoms with Gasteiger partial charge >= 0.3 is 0 Å². The van der Waals surface area contributed by atoms with Gasteiger partial charge in [-0.15, -0.1) is 0 Å². The van der Waals surface area contributed by atoms with E-state index < -0.39 is 11.6 Å². The predicted molar refractivity (Wildman–Crippen MR) is 121 cm³/mol. The fourth-order valence-corrected chi connectivity index (χ4v) is 4.28. The first-order valence-corrected chi connectivity index (χ1v) is 11.3. The first kappa shape index (κ1) is 24.5. The normalized spacial score (nSPS) is 15.1. The van der Waals surface area contributed by atoms with Crippen LogP contribution >= 0.6 is 15.9 Å². The van der Waals surface area contributed by atoms with Gasteiger partial charge in [-0.1, -0.05) is 47.3 Å². The fraction of sp³-hybridized carbons (Fsp3) is 0.458. The summed E-state index contributed by atoms with van der Waals surface area (Å²) in [5, 5.41) is 6.64. The van der Waals surface area contributed by atoms with E-state index in [9.17, 15) is 13.6 Å². The third-order valence-corrected chi connectivity index (χ3v) is 5.78. The van der Waals surface area contributed by atoms with Crippen molar-refractivity contribution < 1.29 is 13.6 Å². The van der Waals surface area contributed by atoms with Crippen LogP contribution in [0.2, 0.25) is 0 Å². The average molecular weight is 481 g/mol. The van der Waals surface area contributed by atoms with E-state index in [1.54, 1.807) is 13.8 Å². The summed E-state index contributed by atoms with van der Waals surface area (Å²) in [6, 6.07) is 12.1. The largest absolute Gasteiger partial charge is 0.356 e. The number of carbonyl (C=O) groups is 1. The van der Waals surface area contributed by atoms with Crippen molar-refractivity contribution in [3.05, 3.63) is 69.7 Å². The Kier molecular flexibility index (Phi) is 9.92. The molecule has 0 bridgehead atoms. The number of hydrogen-bond acceptors (Lipinski definition) is 2. The number of nitrogens with one attached hydrogen (secondary N) is 2. The van der Waals surface area contributed by atoms with E-state index >= 15 is 0 Å². The highest BCUT2D eigenvalue weighted by Crippen LogP contribution is 2.37. The summed E-state index contributed by atoms with van der Waals surface area (Å²) in [5.41, 5.74) is 2.10. The highest BCUT2D eigenvalue weighted by molar-refractivity contribution is 9.10. The molecule has 1 aliphatic rings. The van der Waals surface area contributed by atoms with E-state index in [-0.39, 0.29) is 11.4 Å². The molecule has 0 aromatic heterocycles. The van der Waals surface area contributed by atoms with Crippen molar-refractivity contribution in [1.29, 1.82) is 0 Å². The summed E-state index contributed by atoms with van der Waals surface area (Å²) >= 11 is 3.59. The van der Waals surface area contributed by atoms with Crippen molar-refractivity contribution in [3.63, 3.8) is 0 Å². The molecule has 3 nitrogen and oxygen atoms in total. The highest BCUT2D eigenvalue weighted by Gasteiger charge is 2.33. The molecule has 30 heavy (non-hydrogen) atoms. The molecule has 1 saturated carbocycles. The second-order valence-corrected chi connectivity index (χ2v) is 8.78. The van der Waals surface area contributed by atoms with Crippen LogP contribution in [-0.4, -0.2) is 19.0 Å². The van der Waals surface area contributed by atoms with Gasteiger partial charge in [0.05, 0.1) is 0 Å². The Morgan fingerprint density at radius 3 is 2.27 bits per heavy atom. The number of aryl methyl sites for hydroxylation is 1. The summed E-state index contributed by atoms with van der Waals surface area (Å²) < 4.78 is 25.5. The van der Waals surface area contributed by atoms with Gasteiger partial charge in [0.25, 0.3) is 0 Å². The molecule has 1 fully saturated rings. The Bertz CT molecular complexity index is 772. The number of hydrogen-bond donors (Lipinski definition) is 2. The molecule has 164 valence electrons. The molecule has 0 aliphatic heterocycles. The molecule has 1 amide bonds. The summed E-state index contributed by atoms with van der Waals surface area (Å²) in [6.07, 6.45) is 7.27. The van der Waals surface area contributed by atoms with E-state index in [4.69, 9.17) is 0 Å². The fourth-order valence-electron chi connectivity index (χ4n) is 3.88. The summed E-state index contributed by atoms with van der Waals surface area (Å²) in [7, 11) is 0. The van der Waals surface area contributed by atoms with E-state index in [2.05, 4.69) is 50.8 Å². The minimum Gasteiger partial charge on any atom is -0.356 e. The maximum absolute atomic E-state index is 12.2. The molecule has 2 aromatic rings. The zero-order valence-electron chi connectivity index (χ0n) is 17.7. The van der Waals surface area contributed by atoms with Crippen molar-refractivity contribution in [3.8, 4) is 0 Å². The van der Waals surface area contributed by atoms with Gasteiger partial charge in [0.2, 0.25) is 5.91 Å². The Labute approximate surface area is 186 Å². The smallest absolute Gasteiger partial charge is 0.216 e. The molecule has 2 aromatic carbocycles. The molecule has 0 radical (unpaired) electrons. The van der Waals surface area contributed by atoms with Crippen molar-refractivity contribution in [2.24, 2.45) is 0 Å². The van der Waals surface area contributed by atoms with Crippen LogP contribution in [0.1, 0.15) is 56.6 Å². The highest BCUT2D eigenvalue weighted by atomic mass is 79.9. The van der Waals surface area contributed by atoms with Crippen LogP contribution in [0.3, 0.4) is 0 Å². The molecule has 2 N–H and O–H groups in total. The number of halogens is 3. The molecule has 0 saturated heterocycles. The second-order valence-electron chi connectivity index (χ2n) is 7.86. The maximum Gasteiger partial charge on any atom is 0.216 e. The predicted octanol–water partition coefficient (Wildman–Crippen LogP) is 6.00. The average Bonchev–Trinajstić information content (AvgIpc) is 2.68. The number of carbonyl (C=O) groups excluding carboxylic acids is 1. The maximum atomic E-state index is 12.2. The van der Waals surface area contributed by atoms with Crippen molar-refractivity contribution in [2.75, 3.05) is 13.1 Å². The number of benzene rings is 2. The minimum absolute atomic E-state index is 0.0503. The van der Waals surface area contributed by atoms with Gasteiger partial charge in [-0.05, 0) is 68.1 Å². The van der Waals surface area contributed by atoms with Crippen LogP contribution in [-0.2, 0) is 10.3 Å². The lowest BCUT2D eigenvalue weighted by molar-refractivity contribution is -0.118. The zero-order chi connectivity index (χ0) is 22.0. The molecular weight excluding hydrogens is 450 g/mol. The van der Waals surface area contributed by atoms with Gasteiger partial charge in [-0.25, -0.2) is 8.78 Å². The Balaban J connectivity index is 0.000000297. The van der Waals surface area contributed by atoms with Gasteiger partial charge < -0.3 is 10.6 Å². The summed E-state index contributed by atoms with van der Waals surface area (Å²) in [6.45, 7) is 4.90. The van der Waals surface area contributed by atoms with Crippen molar-refractivity contribution in [2.45, 2.75) is 57.9 Å². The first-order chi connectivity index (χ1) is 14.3. The first-order valence-electron chi connectivity index (χ1n) is 10.5. The van der Waals surface area contributed by atoms with Crippen LogP contribution in [0.15, 0.2) is 46.9 Å². The van der Waals surface area contributed by atoms with Gasteiger partial charge in [0.1, 0.15) is 11.6 Å². The Hall–Kier alpha value is -1.79. The Morgan fingerprint density at radius 2 is 1.70 bits per heavy atom. The number of amides is 1. The van der Waals surface area contributed by atoms with Crippen LogP contribution in [0, 0.1) is 18.6 Å². The van der Waals surface area contributed by atoms with E-state index in [1.807, 2.05) is 0 Å². The molecule has 0 spiro atoms.